The van der Waals surface area contributed by atoms with Gasteiger partial charge < -0.3 is 10.4 Å². The standard InChI is InChI=1S/C18H19Cl3N2O2/c1-2-3-4-5-8-22-15-10-14(23-17(16(15)21)18(24)25)12-7-6-11(19)9-13(12)20/h6-7,9-10H,2-5,8H2,1H3,(H,22,23)(H,24,25). The third-order valence-electron chi connectivity index (χ3n) is 3.71. The second kappa shape index (κ2) is 9.27. The molecule has 0 radical (unpaired) electrons. The number of unbranched alkanes of at least 4 members (excludes halogenated alkanes) is 3. The van der Waals surface area contributed by atoms with Crippen LogP contribution in [0.1, 0.15) is 43.1 Å². The molecule has 0 fully saturated rings. The highest BCUT2D eigenvalue weighted by atomic mass is 35.5. The lowest BCUT2D eigenvalue weighted by molar-refractivity contribution is 0.0691. The van der Waals surface area contributed by atoms with Crippen LogP contribution in [0.5, 0.6) is 0 Å². The molecule has 0 amide bonds. The van der Waals surface area contributed by atoms with Crippen molar-refractivity contribution < 1.29 is 9.90 Å². The first-order valence-electron chi connectivity index (χ1n) is 8.07. The molecule has 0 unspecified atom stereocenters. The number of carboxylic acids is 1. The summed E-state index contributed by atoms with van der Waals surface area (Å²) >= 11 is 18.4. The Balaban J connectivity index is 2.35. The molecule has 2 aromatic rings. The Hall–Kier alpha value is -1.49. The van der Waals surface area contributed by atoms with E-state index in [4.69, 9.17) is 34.8 Å². The number of anilines is 1. The van der Waals surface area contributed by atoms with Gasteiger partial charge in [0.25, 0.3) is 0 Å². The number of pyridine rings is 1. The summed E-state index contributed by atoms with van der Waals surface area (Å²) in [6, 6.07) is 6.69. The van der Waals surface area contributed by atoms with Gasteiger partial charge in [-0.05, 0) is 30.7 Å². The molecule has 0 saturated carbocycles. The van der Waals surface area contributed by atoms with Gasteiger partial charge in [0.2, 0.25) is 0 Å². The molecule has 0 aliphatic heterocycles. The number of aromatic nitrogens is 1. The Morgan fingerprint density at radius 3 is 2.56 bits per heavy atom. The summed E-state index contributed by atoms with van der Waals surface area (Å²) in [6.07, 6.45) is 4.40. The molecule has 1 aromatic carbocycles. The van der Waals surface area contributed by atoms with E-state index in [1.165, 1.54) is 0 Å². The van der Waals surface area contributed by atoms with Crippen LogP contribution >= 0.6 is 34.8 Å². The fourth-order valence-corrected chi connectivity index (χ4v) is 3.16. The number of halogens is 3. The van der Waals surface area contributed by atoms with Crippen molar-refractivity contribution in [2.24, 2.45) is 0 Å². The van der Waals surface area contributed by atoms with Crippen molar-refractivity contribution in [1.82, 2.24) is 4.98 Å². The zero-order valence-corrected chi connectivity index (χ0v) is 16.0. The minimum absolute atomic E-state index is 0.0943. The second-order valence-electron chi connectivity index (χ2n) is 5.63. The lowest BCUT2D eigenvalue weighted by Gasteiger charge is -2.13. The molecule has 0 atom stereocenters. The number of hydrogen-bond donors (Lipinski definition) is 2. The fourth-order valence-electron chi connectivity index (χ4n) is 2.41. The average molecular weight is 402 g/mol. The van der Waals surface area contributed by atoms with Gasteiger partial charge in [0.05, 0.1) is 21.4 Å². The summed E-state index contributed by atoms with van der Waals surface area (Å²) in [4.78, 5) is 15.6. The molecular formula is C18H19Cl3N2O2. The van der Waals surface area contributed by atoms with Crippen LogP contribution in [0.4, 0.5) is 5.69 Å². The number of nitrogens with zero attached hydrogens (tertiary/aromatic N) is 1. The zero-order chi connectivity index (χ0) is 18.4. The minimum Gasteiger partial charge on any atom is -0.476 e. The molecular weight excluding hydrogens is 383 g/mol. The van der Waals surface area contributed by atoms with E-state index in [0.717, 1.165) is 25.7 Å². The van der Waals surface area contributed by atoms with E-state index in [-0.39, 0.29) is 10.7 Å². The van der Waals surface area contributed by atoms with E-state index in [0.29, 0.717) is 33.5 Å². The minimum atomic E-state index is -1.19. The highest BCUT2D eigenvalue weighted by Gasteiger charge is 2.18. The normalized spacial score (nSPS) is 10.7. The average Bonchev–Trinajstić information content (AvgIpc) is 2.56. The van der Waals surface area contributed by atoms with Gasteiger partial charge in [0.15, 0.2) is 5.69 Å². The highest BCUT2D eigenvalue weighted by molar-refractivity contribution is 6.37. The van der Waals surface area contributed by atoms with E-state index in [1.54, 1.807) is 24.3 Å². The van der Waals surface area contributed by atoms with Gasteiger partial charge in [-0.1, -0.05) is 61.0 Å². The van der Waals surface area contributed by atoms with Gasteiger partial charge in [0, 0.05) is 17.1 Å². The third-order valence-corrected chi connectivity index (χ3v) is 4.64. The molecule has 0 saturated heterocycles. The summed E-state index contributed by atoms with van der Waals surface area (Å²) in [6.45, 7) is 2.85. The molecule has 1 heterocycles. The first-order valence-corrected chi connectivity index (χ1v) is 9.20. The molecule has 1 aromatic heterocycles. The van der Waals surface area contributed by atoms with Crippen LogP contribution in [0, 0.1) is 0 Å². The molecule has 0 aliphatic rings. The molecule has 0 bridgehead atoms. The van der Waals surface area contributed by atoms with Crippen molar-refractivity contribution >= 4 is 46.5 Å². The predicted molar refractivity (Wildman–Crippen MR) is 104 cm³/mol. The maximum atomic E-state index is 11.5. The Kier molecular flexibility index (Phi) is 7.36. The maximum absolute atomic E-state index is 11.5. The summed E-state index contributed by atoms with van der Waals surface area (Å²) in [5.74, 6) is -1.19. The SMILES string of the molecule is CCCCCCNc1cc(-c2ccc(Cl)cc2Cl)nc(C(=O)O)c1Cl. The van der Waals surface area contributed by atoms with Gasteiger partial charge in [0.1, 0.15) is 0 Å². The van der Waals surface area contributed by atoms with Gasteiger partial charge in [-0.25, -0.2) is 9.78 Å². The monoisotopic (exact) mass is 400 g/mol. The van der Waals surface area contributed by atoms with Crippen molar-refractivity contribution in [3.63, 3.8) is 0 Å². The Labute approximate surface area is 162 Å². The predicted octanol–water partition coefficient (Wildman–Crippen LogP) is 6.40. The maximum Gasteiger partial charge on any atom is 0.356 e. The van der Waals surface area contributed by atoms with Crippen LogP contribution in [0.15, 0.2) is 24.3 Å². The number of aromatic carboxylic acids is 1. The molecule has 2 rings (SSSR count). The van der Waals surface area contributed by atoms with Gasteiger partial charge in [-0.2, -0.15) is 0 Å². The lowest BCUT2D eigenvalue weighted by Crippen LogP contribution is -2.08. The number of benzene rings is 1. The van der Waals surface area contributed by atoms with Crippen LogP contribution in [-0.2, 0) is 0 Å². The van der Waals surface area contributed by atoms with E-state index in [9.17, 15) is 9.90 Å². The van der Waals surface area contributed by atoms with Crippen LogP contribution in [0.25, 0.3) is 11.3 Å². The number of carbonyl (C=O) groups is 1. The first kappa shape index (κ1) is 19.8. The van der Waals surface area contributed by atoms with E-state index in [1.807, 2.05) is 0 Å². The Bertz CT molecular complexity index is 766. The van der Waals surface area contributed by atoms with Crippen molar-refractivity contribution in [3.05, 3.63) is 45.0 Å². The van der Waals surface area contributed by atoms with Gasteiger partial charge >= 0.3 is 5.97 Å². The number of carboxylic acid groups (broad SMARTS) is 1. The highest BCUT2D eigenvalue weighted by Crippen LogP contribution is 2.34. The smallest absolute Gasteiger partial charge is 0.356 e. The number of nitrogens with one attached hydrogen (secondary N) is 1. The van der Waals surface area contributed by atoms with Crippen LogP contribution < -0.4 is 5.32 Å². The largest absolute Gasteiger partial charge is 0.476 e. The first-order chi connectivity index (χ1) is 11.9. The molecule has 0 aliphatic carbocycles. The van der Waals surface area contributed by atoms with Crippen LogP contribution in [-0.4, -0.2) is 22.6 Å². The van der Waals surface area contributed by atoms with Crippen molar-refractivity contribution in [3.8, 4) is 11.3 Å². The van der Waals surface area contributed by atoms with Gasteiger partial charge in [-0.3, -0.25) is 0 Å². The fraction of sp³-hybridized carbons (Fsp3) is 0.333. The topological polar surface area (TPSA) is 62.2 Å². The Morgan fingerprint density at radius 2 is 1.92 bits per heavy atom. The van der Waals surface area contributed by atoms with Gasteiger partial charge in [-0.15, -0.1) is 0 Å². The zero-order valence-electron chi connectivity index (χ0n) is 13.8. The third kappa shape index (κ3) is 5.24. The molecule has 25 heavy (non-hydrogen) atoms. The molecule has 2 N–H and O–H groups in total. The quantitative estimate of drug-likeness (QED) is 0.502. The lowest BCUT2D eigenvalue weighted by atomic mass is 10.1. The number of rotatable bonds is 8. The summed E-state index contributed by atoms with van der Waals surface area (Å²) in [5.41, 5.74) is 1.35. The molecule has 7 heteroatoms. The van der Waals surface area contributed by atoms with Crippen LogP contribution in [0.3, 0.4) is 0 Å². The molecule has 134 valence electrons. The summed E-state index contributed by atoms with van der Waals surface area (Å²) < 4.78 is 0. The summed E-state index contributed by atoms with van der Waals surface area (Å²) in [5, 5.41) is 13.6. The van der Waals surface area contributed by atoms with Crippen LogP contribution in [0.2, 0.25) is 15.1 Å². The van der Waals surface area contributed by atoms with Crippen molar-refractivity contribution in [1.29, 1.82) is 0 Å². The molecule has 0 spiro atoms. The van der Waals surface area contributed by atoms with E-state index >= 15 is 0 Å². The molecule has 4 nitrogen and oxygen atoms in total. The Morgan fingerprint density at radius 1 is 1.16 bits per heavy atom. The van der Waals surface area contributed by atoms with E-state index in [2.05, 4.69) is 17.2 Å². The van der Waals surface area contributed by atoms with Crippen molar-refractivity contribution in [2.75, 3.05) is 11.9 Å². The second-order valence-corrected chi connectivity index (χ2v) is 6.86. The van der Waals surface area contributed by atoms with E-state index < -0.39 is 5.97 Å². The van der Waals surface area contributed by atoms with Crippen molar-refractivity contribution in [2.45, 2.75) is 32.6 Å². The number of hydrogen-bond acceptors (Lipinski definition) is 3. The summed E-state index contributed by atoms with van der Waals surface area (Å²) in [7, 11) is 0.